The Bertz CT molecular complexity index is 3100. The number of hydrogen-bond donors (Lipinski definition) is 0. The highest BCUT2D eigenvalue weighted by molar-refractivity contribution is 5.90. The van der Waals surface area contributed by atoms with E-state index in [4.69, 9.17) is 0 Å². The van der Waals surface area contributed by atoms with Crippen molar-refractivity contribution in [1.82, 2.24) is 0 Å². The summed E-state index contributed by atoms with van der Waals surface area (Å²) in [4.78, 5) is 2.46. The molecule has 0 heterocycles. The fraction of sp³-hybridized carbons (Fsp3) is 0.100. The lowest BCUT2D eigenvalue weighted by Crippen LogP contribution is -2.18. The van der Waals surface area contributed by atoms with Crippen LogP contribution in [0.25, 0.3) is 66.8 Å². The maximum atomic E-state index is 2.46. The molecule has 0 amide bonds. The summed E-state index contributed by atoms with van der Waals surface area (Å²) >= 11 is 0. The molecule has 9 aromatic rings. The number of hydrogen-bond acceptors (Lipinski definition) is 1. The van der Waals surface area contributed by atoms with Crippen LogP contribution in [0, 0.1) is 0 Å². The molecular formula is C60H47N. The van der Waals surface area contributed by atoms with Crippen molar-refractivity contribution in [3.8, 4) is 66.8 Å². The van der Waals surface area contributed by atoms with E-state index < -0.39 is 0 Å². The Morgan fingerprint density at radius 3 is 1.16 bits per heavy atom. The molecule has 0 atom stereocenters. The minimum absolute atomic E-state index is 0.109. The highest BCUT2D eigenvalue weighted by Gasteiger charge is 2.38. The van der Waals surface area contributed by atoms with Crippen LogP contribution in [0.15, 0.2) is 212 Å². The topological polar surface area (TPSA) is 3.24 Å². The average molecular weight is 782 g/mol. The van der Waals surface area contributed by atoms with Gasteiger partial charge in [0.25, 0.3) is 0 Å². The summed E-state index contributed by atoms with van der Waals surface area (Å²) in [6, 6.07) is 78.5. The van der Waals surface area contributed by atoms with E-state index in [9.17, 15) is 0 Å². The summed E-state index contributed by atoms with van der Waals surface area (Å²) in [6.45, 7) is 9.51. The van der Waals surface area contributed by atoms with Crippen molar-refractivity contribution in [2.24, 2.45) is 0 Å². The zero-order chi connectivity index (χ0) is 41.3. The quantitative estimate of drug-likeness (QED) is 0.156. The molecule has 0 radical (unpaired) electrons. The lowest BCUT2D eigenvalue weighted by atomic mass is 9.81. The zero-order valence-electron chi connectivity index (χ0n) is 35.2. The van der Waals surface area contributed by atoms with Gasteiger partial charge in [-0.15, -0.1) is 0 Å². The molecule has 0 saturated heterocycles. The van der Waals surface area contributed by atoms with E-state index in [1.165, 1.54) is 89.0 Å². The summed E-state index contributed by atoms with van der Waals surface area (Å²) < 4.78 is 0. The van der Waals surface area contributed by atoms with Gasteiger partial charge in [-0.2, -0.15) is 0 Å². The van der Waals surface area contributed by atoms with Crippen LogP contribution in [0.5, 0.6) is 0 Å². The smallest absolute Gasteiger partial charge is 0.0465 e. The molecule has 0 spiro atoms. The van der Waals surface area contributed by atoms with E-state index in [0.717, 1.165) is 17.1 Å². The van der Waals surface area contributed by atoms with Crippen molar-refractivity contribution < 1.29 is 0 Å². The first-order valence-corrected chi connectivity index (χ1v) is 21.5. The molecule has 2 aliphatic carbocycles. The van der Waals surface area contributed by atoms with Gasteiger partial charge in [-0.3, -0.25) is 0 Å². The van der Waals surface area contributed by atoms with Crippen molar-refractivity contribution in [2.75, 3.05) is 4.90 Å². The number of benzene rings is 9. The third kappa shape index (κ3) is 6.15. The van der Waals surface area contributed by atoms with Gasteiger partial charge in [-0.1, -0.05) is 191 Å². The minimum Gasteiger partial charge on any atom is -0.310 e. The standard InChI is InChI=1S/C60H47N/c1-59(2)55-21-12-11-20-51(55)53-34-31-49(38-57(53)59)61(48-29-26-44(27-30-48)46-19-13-18-45(36-46)41-16-9-6-10-17-41)50-32-35-54-52-33-28-47(37-56(52)60(3,4)58(54)39-50)43-24-22-42(23-25-43)40-14-7-5-8-15-40/h5-39H,1-4H3. The Labute approximate surface area is 360 Å². The maximum absolute atomic E-state index is 2.46. The lowest BCUT2D eigenvalue weighted by molar-refractivity contribution is 0.660. The molecule has 0 aliphatic heterocycles. The van der Waals surface area contributed by atoms with Gasteiger partial charge in [0.15, 0.2) is 0 Å². The molecule has 0 unspecified atom stereocenters. The molecule has 1 heteroatoms. The summed E-state index contributed by atoms with van der Waals surface area (Å²) in [7, 11) is 0. The van der Waals surface area contributed by atoms with Crippen LogP contribution in [0.2, 0.25) is 0 Å². The van der Waals surface area contributed by atoms with Gasteiger partial charge in [0.1, 0.15) is 0 Å². The molecule has 61 heavy (non-hydrogen) atoms. The largest absolute Gasteiger partial charge is 0.310 e. The second-order valence-electron chi connectivity index (χ2n) is 17.8. The van der Waals surface area contributed by atoms with Gasteiger partial charge in [-0.05, 0) is 138 Å². The van der Waals surface area contributed by atoms with Crippen LogP contribution >= 0.6 is 0 Å². The van der Waals surface area contributed by atoms with E-state index in [1.807, 2.05) is 0 Å². The van der Waals surface area contributed by atoms with Gasteiger partial charge in [-0.25, -0.2) is 0 Å². The van der Waals surface area contributed by atoms with Crippen LogP contribution in [0.3, 0.4) is 0 Å². The van der Waals surface area contributed by atoms with Crippen molar-refractivity contribution in [3.05, 3.63) is 235 Å². The Kier molecular flexibility index (Phi) is 8.58. The Hall–Kier alpha value is -7.22. The van der Waals surface area contributed by atoms with E-state index >= 15 is 0 Å². The van der Waals surface area contributed by atoms with Gasteiger partial charge < -0.3 is 4.90 Å². The van der Waals surface area contributed by atoms with E-state index in [2.05, 4.69) is 245 Å². The molecule has 0 aromatic heterocycles. The minimum atomic E-state index is -0.193. The van der Waals surface area contributed by atoms with Crippen molar-refractivity contribution >= 4 is 17.1 Å². The Morgan fingerprint density at radius 2 is 0.590 bits per heavy atom. The highest BCUT2D eigenvalue weighted by atomic mass is 15.1. The van der Waals surface area contributed by atoms with Gasteiger partial charge in [0, 0.05) is 27.9 Å². The SMILES string of the molecule is CC1(C)c2ccccc2-c2ccc(N(c3ccc(-c4cccc(-c5ccccc5)c4)cc3)c3ccc4c(c3)C(C)(C)c3cc(-c5ccc(-c6ccccc6)cc5)ccc3-4)cc21. The molecule has 0 N–H and O–H groups in total. The average Bonchev–Trinajstić information content (AvgIpc) is 3.68. The fourth-order valence-corrected chi connectivity index (χ4v) is 10.1. The number of rotatable bonds is 7. The Balaban J connectivity index is 0.987. The highest BCUT2D eigenvalue weighted by Crippen LogP contribution is 2.53. The molecule has 0 saturated carbocycles. The Morgan fingerprint density at radius 1 is 0.246 bits per heavy atom. The summed E-state index contributed by atoms with van der Waals surface area (Å²) in [5, 5.41) is 0. The van der Waals surface area contributed by atoms with Crippen molar-refractivity contribution in [1.29, 1.82) is 0 Å². The first-order chi connectivity index (χ1) is 29.7. The molecule has 11 rings (SSSR count). The summed E-state index contributed by atoms with van der Waals surface area (Å²) in [6.07, 6.45) is 0. The molecule has 9 aromatic carbocycles. The monoisotopic (exact) mass is 781 g/mol. The van der Waals surface area contributed by atoms with E-state index in [1.54, 1.807) is 0 Å². The van der Waals surface area contributed by atoms with E-state index in [-0.39, 0.29) is 10.8 Å². The van der Waals surface area contributed by atoms with Crippen molar-refractivity contribution in [3.63, 3.8) is 0 Å². The predicted molar refractivity (Wildman–Crippen MR) is 258 cm³/mol. The third-order valence-electron chi connectivity index (χ3n) is 13.5. The molecule has 1 nitrogen and oxygen atoms in total. The number of anilines is 3. The second kappa shape index (κ2) is 14.2. The lowest BCUT2D eigenvalue weighted by Gasteiger charge is -2.30. The van der Waals surface area contributed by atoms with Gasteiger partial charge in [0.05, 0.1) is 0 Å². The van der Waals surface area contributed by atoms with Crippen LogP contribution in [-0.2, 0) is 10.8 Å². The van der Waals surface area contributed by atoms with Crippen LogP contribution in [-0.4, -0.2) is 0 Å². The van der Waals surface area contributed by atoms with Gasteiger partial charge in [0.2, 0.25) is 0 Å². The van der Waals surface area contributed by atoms with Gasteiger partial charge >= 0.3 is 0 Å². The summed E-state index contributed by atoms with van der Waals surface area (Å²) in [5.41, 5.74) is 23.7. The van der Waals surface area contributed by atoms with Crippen LogP contribution < -0.4 is 4.90 Å². The molecule has 0 bridgehead atoms. The maximum Gasteiger partial charge on any atom is 0.0465 e. The fourth-order valence-electron chi connectivity index (χ4n) is 10.1. The third-order valence-corrected chi connectivity index (χ3v) is 13.5. The van der Waals surface area contributed by atoms with Crippen molar-refractivity contribution in [2.45, 2.75) is 38.5 Å². The number of fused-ring (bicyclic) bond motifs is 6. The molecule has 292 valence electrons. The first-order valence-electron chi connectivity index (χ1n) is 21.5. The molecular weight excluding hydrogens is 735 g/mol. The van der Waals surface area contributed by atoms with Crippen LogP contribution in [0.4, 0.5) is 17.1 Å². The summed E-state index contributed by atoms with van der Waals surface area (Å²) in [5.74, 6) is 0. The molecule has 2 aliphatic rings. The second-order valence-corrected chi connectivity index (χ2v) is 17.8. The van der Waals surface area contributed by atoms with E-state index in [0.29, 0.717) is 0 Å². The zero-order valence-corrected chi connectivity index (χ0v) is 35.2. The predicted octanol–water partition coefficient (Wildman–Crippen LogP) is 16.4. The first kappa shape index (κ1) is 36.8. The van der Waals surface area contributed by atoms with Crippen LogP contribution in [0.1, 0.15) is 49.9 Å². The normalized spacial score (nSPS) is 13.8. The number of nitrogens with zero attached hydrogens (tertiary/aromatic N) is 1. The molecule has 0 fully saturated rings.